The molecule has 0 aliphatic rings. The van der Waals surface area contributed by atoms with Gasteiger partial charge in [-0.3, -0.25) is 4.79 Å². The Bertz CT molecular complexity index is 1240. The van der Waals surface area contributed by atoms with E-state index in [0.717, 1.165) is 27.2 Å². The van der Waals surface area contributed by atoms with Gasteiger partial charge in [0.15, 0.2) is 11.5 Å². The molecule has 0 saturated carbocycles. The lowest BCUT2D eigenvalue weighted by molar-refractivity contribution is 0.0958. The van der Waals surface area contributed by atoms with Gasteiger partial charge in [-0.25, -0.2) is 4.68 Å². The predicted octanol–water partition coefficient (Wildman–Crippen LogP) is 4.69. The summed E-state index contributed by atoms with van der Waals surface area (Å²) in [5, 5.41) is 8.70. The number of rotatable bonds is 7. The standard InChI is InChI=1S/C24H25N3O3S/c1-15-6-5-7-18(12-15)27-24-19(16(2)26-27)14-22(31-24)23(28)25-11-10-17-8-9-20(29-3)21(13-17)30-4/h5-9,12-14H,10-11H2,1-4H3,(H,25,28). The maximum absolute atomic E-state index is 12.8. The molecule has 1 amide bonds. The average Bonchev–Trinajstić information content (AvgIpc) is 3.34. The molecule has 1 N–H and O–H groups in total. The van der Waals surface area contributed by atoms with Crippen molar-refractivity contribution in [3.8, 4) is 17.2 Å². The van der Waals surface area contributed by atoms with Crippen LogP contribution >= 0.6 is 11.3 Å². The van der Waals surface area contributed by atoms with Crippen molar-refractivity contribution in [1.29, 1.82) is 0 Å². The largest absolute Gasteiger partial charge is 0.493 e. The molecule has 4 rings (SSSR count). The van der Waals surface area contributed by atoms with Crippen LogP contribution < -0.4 is 14.8 Å². The van der Waals surface area contributed by atoms with E-state index >= 15 is 0 Å². The van der Waals surface area contributed by atoms with E-state index in [4.69, 9.17) is 9.47 Å². The predicted molar refractivity (Wildman–Crippen MR) is 124 cm³/mol. The Kier molecular flexibility index (Phi) is 5.95. The van der Waals surface area contributed by atoms with Crippen LogP contribution in [0.4, 0.5) is 0 Å². The van der Waals surface area contributed by atoms with Crippen molar-refractivity contribution < 1.29 is 14.3 Å². The second-order valence-corrected chi connectivity index (χ2v) is 8.39. The van der Waals surface area contributed by atoms with Gasteiger partial charge >= 0.3 is 0 Å². The number of aryl methyl sites for hydroxylation is 2. The second kappa shape index (κ2) is 8.81. The van der Waals surface area contributed by atoms with Gasteiger partial charge < -0.3 is 14.8 Å². The van der Waals surface area contributed by atoms with Gasteiger partial charge in [0.1, 0.15) is 4.83 Å². The lowest BCUT2D eigenvalue weighted by atomic mass is 10.1. The van der Waals surface area contributed by atoms with Gasteiger partial charge in [-0.05, 0) is 61.7 Å². The molecule has 0 aliphatic heterocycles. The number of carbonyl (C=O) groups is 1. The summed E-state index contributed by atoms with van der Waals surface area (Å²) in [5.41, 5.74) is 4.15. The quantitative estimate of drug-likeness (QED) is 0.457. The number of ether oxygens (including phenoxy) is 2. The van der Waals surface area contributed by atoms with Crippen molar-refractivity contribution in [1.82, 2.24) is 15.1 Å². The zero-order valence-electron chi connectivity index (χ0n) is 18.1. The number of hydrogen-bond donors (Lipinski definition) is 1. The Morgan fingerprint density at radius 3 is 2.61 bits per heavy atom. The molecule has 0 saturated heterocycles. The summed E-state index contributed by atoms with van der Waals surface area (Å²) < 4.78 is 12.5. The summed E-state index contributed by atoms with van der Waals surface area (Å²) in [6, 6.07) is 15.9. The number of amides is 1. The number of thiophene rings is 1. The normalized spacial score (nSPS) is 11.0. The molecule has 2 aromatic carbocycles. The molecule has 0 bridgehead atoms. The molecule has 6 nitrogen and oxygen atoms in total. The highest BCUT2D eigenvalue weighted by Gasteiger charge is 2.17. The second-order valence-electron chi connectivity index (χ2n) is 7.36. The van der Waals surface area contributed by atoms with E-state index in [1.165, 1.54) is 16.9 Å². The van der Waals surface area contributed by atoms with Crippen molar-refractivity contribution in [3.05, 3.63) is 70.2 Å². The molecule has 31 heavy (non-hydrogen) atoms. The van der Waals surface area contributed by atoms with Crippen LogP contribution in [0.3, 0.4) is 0 Å². The molecular weight excluding hydrogens is 410 g/mol. The molecule has 0 unspecified atom stereocenters. The van der Waals surface area contributed by atoms with E-state index in [9.17, 15) is 4.79 Å². The number of methoxy groups -OCH3 is 2. The first kappa shape index (κ1) is 20.9. The van der Waals surface area contributed by atoms with E-state index in [-0.39, 0.29) is 5.91 Å². The molecular formula is C24H25N3O3S. The van der Waals surface area contributed by atoms with Crippen LogP contribution in [0.5, 0.6) is 11.5 Å². The zero-order valence-corrected chi connectivity index (χ0v) is 18.9. The van der Waals surface area contributed by atoms with Gasteiger partial charge in [0.05, 0.1) is 30.5 Å². The van der Waals surface area contributed by atoms with Gasteiger partial charge in [0.2, 0.25) is 0 Å². The third kappa shape index (κ3) is 4.27. The van der Waals surface area contributed by atoms with Gasteiger partial charge in [-0.1, -0.05) is 18.2 Å². The molecule has 0 atom stereocenters. The maximum Gasteiger partial charge on any atom is 0.261 e. The molecule has 2 aromatic heterocycles. The number of carbonyl (C=O) groups excluding carboxylic acids is 1. The van der Waals surface area contributed by atoms with Crippen LogP contribution in [0.25, 0.3) is 15.9 Å². The van der Waals surface area contributed by atoms with Crippen LogP contribution in [0.2, 0.25) is 0 Å². The summed E-state index contributed by atoms with van der Waals surface area (Å²) in [6.07, 6.45) is 0.701. The minimum Gasteiger partial charge on any atom is -0.493 e. The van der Waals surface area contributed by atoms with Gasteiger partial charge in [-0.15, -0.1) is 11.3 Å². The Labute approximate surface area is 185 Å². The zero-order chi connectivity index (χ0) is 22.0. The number of fused-ring (bicyclic) bond motifs is 1. The van der Waals surface area contributed by atoms with Gasteiger partial charge in [-0.2, -0.15) is 5.10 Å². The minimum atomic E-state index is -0.0723. The lowest BCUT2D eigenvalue weighted by Crippen LogP contribution is -2.24. The third-order valence-corrected chi connectivity index (χ3v) is 6.27. The van der Waals surface area contributed by atoms with Crippen LogP contribution in [-0.2, 0) is 6.42 Å². The Balaban J connectivity index is 1.48. The molecule has 4 aromatic rings. The van der Waals surface area contributed by atoms with Crippen LogP contribution in [-0.4, -0.2) is 36.5 Å². The molecule has 0 spiro atoms. The Hall–Kier alpha value is -3.32. The van der Waals surface area contributed by atoms with Crippen LogP contribution in [0.1, 0.15) is 26.5 Å². The summed E-state index contributed by atoms with van der Waals surface area (Å²) >= 11 is 1.46. The Morgan fingerprint density at radius 2 is 1.87 bits per heavy atom. The highest BCUT2D eigenvalue weighted by molar-refractivity contribution is 7.20. The fourth-order valence-electron chi connectivity index (χ4n) is 3.54. The Morgan fingerprint density at radius 1 is 1.06 bits per heavy atom. The molecule has 0 fully saturated rings. The number of benzene rings is 2. The van der Waals surface area contributed by atoms with Gasteiger partial charge in [0, 0.05) is 11.9 Å². The molecule has 0 aliphatic carbocycles. The van der Waals surface area contributed by atoms with Crippen molar-refractivity contribution in [2.45, 2.75) is 20.3 Å². The first-order valence-corrected chi connectivity index (χ1v) is 10.9. The van der Waals surface area contributed by atoms with Crippen molar-refractivity contribution in [2.75, 3.05) is 20.8 Å². The SMILES string of the molecule is COc1ccc(CCNC(=O)c2cc3c(C)nn(-c4cccc(C)c4)c3s2)cc1OC. The number of aromatic nitrogens is 2. The minimum absolute atomic E-state index is 0.0723. The first-order chi connectivity index (χ1) is 15.0. The van der Waals surface area contributed by atoms with Gasteiger partial charge in [0.25, 0.3) is 5.91 Å². The van der Waals surface area contributed by atoms with E-state index in [1.54, 1.807) is 14.2 Å². The van der Waals surface area contributed by atoms with Crippen molar-refractivity contribution in [2.24, 2.45) is 0 Å². The fourth-order valence-corrected chi connectivity index (χ4v) is 4.64. The average molecular weight is 436 g/mol. The highest BCUT2D eigenvalue weighted by Crippen LogP contribution is 2.31. The summed E-state index contributed by atoms with van der Waals surface area (Å²) in [7, 11) is 3.23. The van der Waals surface area contributed by atoms with Crippen LogP contribution in [0.15, 0.2) is 48.5 Å². The summed E-state index contributed by atoms with van der Waals surface area (Å²) in [6.45, 7) is 4.56. The molecule has 7 heteroatoms. The van der Waals surface area contributed by atoms with Crippen molar-refractivity contribution >= 4 is 27.5 Å². The molecule has 160 valence electrons. The van der Waals surface area contributed by atoms with E-state index in [2.05, 4.69) is 29.5 Å². The summed E-state index contributed by atoms with van der Waals surface area (Å²) in [5.74, 6) is 1.31. The summed E-state index contributed by atoms with van der Waals surface area (Å²) in [4.78, 5) is 14.4. The highest BCUT2D eigenvalue weighted by atomic mass is 32.1. The van der Waals surface area contributed by atoms with Crippen LogP contribution in [0, 0.1) is 13.8 Å². The van der Waals surface area contributed by atoms with E-state index in [0.29, 0.717) is 29.3 Å². The molecule has 2 heterocycles. The topological polar surface area (TPSA) is 65.4 Å². The monoisotopic (exact) mass is 435 g/mol. The maximum atomic E-state index is 12.8. The number of nitrogens with zero attached hydrogens (tertiary/aromatic N) is 2. The molecule has 0 radical (unpaired) electrons. The number of hydrogen-bond acceptors (Lipinski definition) is 5. The fraction of sp³-hybridized carbons (Fsp3) is 0.250. The van der Waals surface area contributed by atoms with E-state index < -0.39 is 0 Å². The smallest absolute Gasteiger partial charge is 0.261 e. The lowest BCUT2D eigenvalue weighted by Gasteiger charge is -2.10. The first-order valence-electron chi connectivity index (χ1n) is 10.1. The number of nitrogens with one attached hydrogen (secondary N) is 1. The van der Waals surface area contributed by atoms with Crippen molar-refractivity contribution in [3.63, 3.8) is 0 Å². The third-order valence-electron chi connectivity index (χ3n) is 5.16. The van der Waals surface area contributed by atoms with E-state index in [1.807, 2.05) is 48.0 Å².